The van der Waals surface area contributed by atoms with Gasteiger partial charge < -0.3 is 4.74 Å². The predicted molar refractivity (Wildman–Crippen MR) is 88.3 cm³/mol. The summed E-state index contributed by atoms with van der Waals surface area (Å²) in [6.45, 7) is 3.67. The second kappa shape index (κ2) is 9.31. The van der Waals surface area contributed by atoms with Crippen LogP contribution >= 0.6 is 12.2 Å². The zero-order valence-corrected chi connectivity index (χ0v) is 13.5. The number of hydrogen-bond acceptors (Lipinski definition) is 5. The zero-order valence-electron chi connectivity index (χ0n) is 12.7. The molecule has 7 nitrogen and oxygen atoms in total. The lowest BCUT2D eigenvalue weighted by molar-refractivity contribution is -0.137. The fourth-order valence-electron chi connectivity index (χ4n) is 1.53. The number of thiocarbonyl (C=S) groups is 1. The van der Waals surface area contributed by atoms with Crippen LogP contribution in [0, 0.1) is 6.92 Å². The fourth-order valence-corrected chi connectivity index (χ4v) is 1.68. The van der Waals surface area contributed by atoms with E-state index in [1.807, 2.05) is 6.07 Å². The Kier molecular flexibility index (Phi) is 7.41. The third-order valence-corrected chi connectivity index (χ3v) is 2.78. The minimum absolute atomic E-state index is 0.106. The Morgan fingerprint density at radius 2 is 1.87 bits per heavy atom. The maximum Gasteiger partial charge on any atom is 0.330 e. The van der Waals surface area contributed by atoms with Crippen molar-refractivity contribution < 1.29 is 19.1 Å². The van der Waals surface area contributed by atoms with Crippen molar-refractivity contribution in [2.75, 3.05) is 6.61 Å². The van der Waals surface area contributed by atoms with Crippen LogP contribution in [0.1, 0.15) is 22.8 Å². The molecule has 2 amide bonds. The molecule has 0 atom stereocenters. The first-order valence-electron chi connectivity index (χ1n) is 6.75. The molecule has 0 bridgehead atoms. The van der Waals surface area contributed by atoms with Gasteiger partial charge in [0.15, 0.2) is 5.11 Å². The number of carbonyl (C=O) groups excluding carboxylic acids is 3. The van der Waals surface area contributed by atoms with E-state index in [1.54, 1.807) is 32.0 Å². The molecular weight excluding hydrogens is 318 g/mol. The summed E-state index contributed by atoms with van der Waals surface area (Å²) in [4.78, 5) is 34.4. The maximum atomic E-state index is 11.9. The van der Waals surface area contributed by atoms with Crippen molar-refractivity contribution in [3.63, 3.8) is 0 Å². The molecule has 0 unspecified atom stereocenters. The number of aryl methyl sites for hydroxylation is 1. The van der Waals surface area contributed by atoms with Crippen molar-refractivity contribution in [2.45, 2.75) is 13.8 Å². The van der Waals surface area contributed by atoms with Gasteiger partial charge in [-0.05, 0) is 37.7 Å². The van der Waals surface area contributed by atoms with Gasteiger partial charge in [-0.15, -0.1) is 0 Å². The number of esters is 1. The average molecular weight is 335 g/mol. The molecule has 122 valence electrons. The number of hydrogen-bond donors (Lipinski definition) is 3. The molecule has 0 spiro atoms. The van der Waals surface area contributed by atoms with Gasteiger partial charge in [-0.3, -0.25) is 25.8 Å². The first kappa shape index (κ1) is 18.3. The highest BCUT2D eigenvalue weighted by Gasteiger charge is 2.08. The Morgan fingerprint density at radius 3 is 2.52 bits per heavy atom. The Hall–Kier alpha value is -2.74. The molecule has 0 fully saturated rings. The third-order valence-electron chi connectivity index (χ3n) is 2.57. The van der Waals surface area contributed by atoms with Crippen molar-refractivity contribution >= 4 is 35.1 Å². The van der Waals surface area contributed by atoms with E-state index >= 15 is 0 Å². The largest absolute Gasteiger partial charge is 0.463 e. The van der Waals surface area contributed by atoms with Gasteiger partial charge in [0, 0.05) is 17.7 Å². The monoisotopic (exact) mass is 335 g/mol. The van der Waals surface area contributed by atoms with E-state index in [0.29, 0.717) is 5.56 Å². The zero-order chi connectivity index (χ0) is 17.2. The van der Waals surface area contributed by atoms with Gasteiger partial charge in [-0.25, -0.2) is 4.79 Å². The molecule has 0 aliphatic rings. The molecule has 3 N–H and O–H groups in total. The molecule has 8 heteroatoms. The molecule has 0 heterocycles. The van der Waals surface area contributed by atoms with E-state index in [4.69, 9.17) is 12.2 Å². The van der Waals surface area contributed by atoms with Gasteiger partial charge in [0.2, 0.25) is 5.91 Å². The molecule has 1 aromatic carbocycles. The minimum Gasteiger partial charge on any atom is -0.463 e. The summed E-state index contributed by atoms with van der Waals surface area (Å²) in [5.74, 6) is -1.64. The van der Waals surface area contributed by atoms with E-state index in [9.17, 15) is 14.4 Å². The number of amides is 2. The topological polar surface area (TPSA) is 96.5 Å². The first-order chi connectivity index (χ1) is 10.9. The van der Waals surface area contributed by atoms with Crippen molar-refractivity contribution in [3.8, 4) is 0 Å². The Labute approximate surface area is 139 Å². The van der Waals surface area contributed by atoms with Crippen LogP contribution in [0.5, 0.6) is 0 Å². The van der Waals surface area contributed by atoms with Crippen LogP contribution in [0.2, 0.25) is 0 Å². The second-order valence-corrected chi connectivity index (χ2v) is 4.71. The molecule has 0 saturated carbocycles. The van der Waals surface area contributed by atoms with Crippen LogP contribution in [0.3, 0.4) is 0 Å². The lowest BCUT2D eigenvalue weighted by atomic mass is 10.1. The molecule has 0 aliphatic heterocycles. The van der Waals surface area contributed by atoms with E-state index in [1.165, 1.54) is 0 Å². The number of benzene rings is 1. The van der Waals surface area contributed by atoms with Gasteiger partial charge >= 0.3 is 5.97 Å². The average Bonchev–Trinajstić information content (AvgIpc) is 2.51. The molecule has 0 aromatic heterocycles. The van der Waals surface area contributed by atoms with Crippen LogP contribution in [0.25, 0.3) is 0 Å². The van der Waals surface area contributed by atoms with Gasteiger partial charge in [0.1, 0.15) is 0 Å². The molecule has 23 heavy (non-hydrogen) atoms. The van der Waals surface area contributed by atoms with E-state index in [-0.39, 0.29) is 17.6 Å². The summed E-state index contributed by atoms with van der Waals surface area (Å²) in [6.07, 6.45) is 1.96. The Bertz CT molecular complexity index is 643. The van der Waals surface area contributed by atoms with Gasteiger partial charge in [-0.1, -0.05) is 18.2 Å². The Balaban J connectivity index is 2.42. The van der Waals surface area contributed by atoms with Crippen LogP contribution < -0.4 is 16.2 Å². The predicted octanol–water partition coefficient (Wildman–Crippen LogP) is 0.750. The van der Waals surface area contributed by atoms with Crippen LogP contribution in [-0.2, 0) is 14.3 Å². The van der Waals surface area contributed by atoms with Gasteiger partial charge in [-0.2, -0.15) is 0 Å². The summed E-state index contributed by atoms with van der Waals surface area (Å²) in [5, 5.41) is 2.16. The number of nitrogens with one attached hydrogen (secondary N) is 3. The molecule has 0 saturated heterocycles. The quantitative estimate of drug-likeness (QED) is 0.325. The standard InChI is InChI=1S/C15H17N3O4S/c1-3-22-13(20)9-8-12(19)16-15(23)18-17-14(21)11-7-5-4-6-10(11)2/h4-9H,3H2,1-2H3,(H,17,21)(H2,16,18,19,23). The molecule has 0 radical (unpaired) electrons. The fraction of sp³-hybridized carbons (Fsp3) is 0.200. The highest BCUT2D eigenvalue weighted by molar-refractivity contribution is 7.80. The number of carbonyl (C=O) groups is 3. The van der Waals surface area contributed by atoms with Crippen molar-refractivity contribution in [2.24, 2.45) is 0 Å². The van der Waals surface area contributed by atoms with Gasteiger partial charge in [0.25, 0.3) is 5.91 Å². The molecular formula is C15H17N3O4S. The lowest BCUT2D eigenvalue weighted by Crippen LogP contribution is -2.48. The van der Waals surface area contributed by atoms with Gasteiger partial charge in [0.05, 0.1) is 6.61 Å². The minimum atomic E-state index is -0.630. The molecule has 0 aliphatic carbocycles. The van der Waals surface area contributed by atoms with Crippen molar-refractivity contribution in [3.05, 3.63) is 47.5 Å². The lowest BCUT2D eigenvalue weighted by Gasteiger charge is -2.10. The number of ether oxygens (including phenoxy) is 1. The molecule has 1 aromatic rings. The van der Waals surface area contributed by atoms with Crippen LogP contribution in [0.15, 0.2) is 36.4 Å². The highest BCUT2D eigenvalue weighted by atomic mass is 32.1. The third kappa shape index (κ3) is 6.70. The summed E-state index contributed by atoms with van der Waals surface area (Å²) in [7, 11) is 0. The van der Waals surface area contributed by atoms with E-state index in [0.717, 1.165) is 17.7 Å². The summed E-state index contributed by atoms with van der Waals surface area (Å²) >= 11 is 4.85. The van der Waals surface area contributed by atoms with Crippen molar-refractivity contribution in [1.29, 1.82) is 0 Å². The normalized spacial score (nSPS) is 10.0. The van der Waals surface area contributed by atoms with Crippen molar-refractivity contribution in [1.82, 2.24) is 16.2 Å². The maximum absolute atomic E-state index is 11.9. The highest BCUT2D eigenvalue weighted by Crippen LogP contribution is 2.05. The summed E-state index contributed by atoms with van der Waals surface area (Å²) in [5.41, 5.74) is 6.06. The number of hydrazine groups is 1. The smallest absolute Gasteiger partial charge is 0.330 e. The second-order valence-electron chi connectivity index (χ2n) is 4.30. The SMILES string of the molecule is CCOC(=O)C=CC(=O)NC(=S)NNC(=O)c1ccccc1C. The summed E-state index contributed by atoms with van der Waals surface area (Å²) < 4.78 is 4.63. The van der Waals surface area contributed by atoms with Crippen LogP contribution in [-0.4, -0.2) is 29.5 Å². The summed E-state index contributed by atoms with van der Waals surface area (Å²) in [6, 6.07) is 7.02. The molecule has 1 rings (SSSR count). The Morgan fingerprint density at radius 1 is 1.17 bits per heavy atom. The van der Waals surface area contributed by atoms with E-state index < -0.39 is 11.9 Å². The van der Waals surface area contributed by atoms with Crippen LogP contribution in [0.4, 0.5) is 0 Å². The first-order valence-corrected chi connectivity index (χ1v) is 7.16. The van der Waals surface area contributed by atoms with E-state index in [2.05, 4.69) is 20.9 Å². The number of rotatable bonds is 4.